The summed E-state index contributed by atoms with van der Waals surface area (Å²) in [5, 5.41) is 8.32. The molecular formula is C26H35N5O. The Bertz CT molecular complexity index is 986. The van der Waals surface area contributed by atoms with Crippen molar-refractivity contribution in [2.75, 3.05) is 44.5 Å². The third-order valence-corrected chi connectivity index (χ3v) is 6.41. The Morgan fingerprint density at radius 3 is 2.41 bits per heavy atom. The van der Waals surface area contributed by atoms with Gasteiger partial charge in [0.25, 0.3) is 0 Å². The Labute approximate surface area is 191 Å². The summed E-state index contributed by atoms with van der Waals surface area (Å²) in [5.74, 6) is 2.40. The SMILES string of the molecule is CO[C@@H](CNCC1CCC(Nc2nc(N(C)C)c3ccccc3n2)CC1)c1ccccc1. The first-order chi connectivity index (χ1) is 15.6. The fourth-order valence-electron chi connectivity index (χ4n) is 4.58. The van der Waals surface area contributed by atoms with Gasteiger partial charge in [0.2, 0.25) is 5.95 Å². The molecule has 170 valence electrons. The van der Waals surface area contributed by atoms with Crippen LogP contribution in [-0.2, 0) is 4.74 Å². The van der Waals surface area contributed by atoms with E-state index in [0.717, 1.165) is 48.6 Å². The van der Waals surface area contributed by atoms with Crippen molar-refractivity contribution >= 4 is 22.7 Å². The number of nitrogens with zero attached hydrogens (tertiary/aromatic N) is 3. The molecule has 2 N–H and O–H groups in total. The predicted octanol–water partition coefficient (Wildman–Crippen LogP) is 4.64. The van der Waals surface area contributed by atoms with E-state index in [1.54, 1.807) is 7.11 Å². The van der Waals surface area contributed by atoms with Gasteiger partial charge in [-0.05, 0) is 55.8 Å². The number of hydrogen-bond donors (Lipinski definition) is 2. The van der Waals surface area contributed by atoms with Gasteiger partial charge in [0.15, 0.2) is 0 Å². The van der Waals surface area contributed by atoms with Gasteiger partial charge < -0.3 is 20.3 Å². The molecule has 0 unspecified atom stereocenters. The first-order valence-corrected chi connectivity index (χ1v) is 11.6. The minimum atomic E-state index is 0.102. The average molecular weight is 434 g/mol. The van der Waals surface area contributed by atoms with Crippen molar-refractivity contribution in [1.82, 2.24) is 15.3 Å². The van der Waals surface area contributed by atoms with Crippen LogP contribution in [-0.4, -0.2) is 50.3 Å². The highest BCUT2D eigenvalue weighted by atomic mass is 16.5. The fourth-order valence-corrected chi connectivity index (χ4v) is 4.58. The van der Waals surface area contributed by atoms with Crippen LogP contribution >= 0.6 is 0 Å². The standard InChI is InChI=1S/C26H35N5O/c1-31(2)25-22-11-7-8-12-23(22)29-26(30-25)28-21-15-13-19(14-16-21)17-27-18-24(32-3)20-9-5-4-6-10-20/h4-12,19,21,24,27H,13-18H2,1-3H3,(H,28,29,30)/t19?,21?,24-/m0/s1. The molecule has 3 aromatic rings. The lowest BCUT2D eigenvalue weighted by Crippen LogP contribution is -2.33. The monoisotopic (exact) mass is 433 g/mol. The second-order valence-electron chi connectivity index (χ2n) is 8.94. The lowest BCUT2D eigenvalue weighted by atomic mass is 9.86. The summed E-state index contributed by atoms with van der Waals surface area (Å²) in [7, 11) is 5.85. The van der Waals surface area contributed by atoms with Gasteiger partial charge in [-0.3, -0.25) is 0 Å². The highest BCUT2D eigenvalue weighted by molar-refractivity contribution is 5.90. The average Bonchev–Trinajstić information content (AvgIpc) is 2.83. The van der Waals surface area contributed by atoms with Gasteiger partial charge >= 0.3 is 0 Å². The largest absolute Gasteiger partial charge is 0.375 e. The summed E-state index contributed by atoms with van der Waals surface area (Å²) in [4.78, 5) is 11.6. The van der Waals surface area contributed by atoms with Crippen LogP contribution in [0.25, 0.3) is 10.9 Å². The molecule has 0 saturated heterocycles. The molecule has 32 heavy (non-hydrogen) atoms. The van der Waals surface area contributed by atoms with E-state index in [2.05, 4.69) is 51.9 Å². The first-order valence-electron chi connectivity index (χ1n) is 11.6. The van der Waals surface area contributed by atoms with Crippen LogP contribution < -0.4 is 15.5 Å². The van der Waals surface area contributed by atoms with E-state index in [1.165, 1.54) is 18.4 Å². The molecule has 4 rings (SSSR count). The summed E-state index contributed by atoms with van der Waals surface area (Å²) in [6.07, 6.45) is 4.81. The van der Waals surface area contributed by atoms with Gasteiger partial charge in [-0.25, -0.2) is 4.98 Å². The molecule has 1 saturated carbocycles. The van der Waals surface area contributed by atoms with E-state index in [1.807, 2.05) is 32.3 Å². The van der Waals surface area contributed by atoms with Crippen molar-refractivity contribution in [3.8, 4) is 0 Å². The minimum absolute atomic E-state index is 0.102. The van der Waals surface area contributed by atoms with Crippen molar-refractivity contribution in [3.63, 3.8) is 0 Å². The molecule has 1 heterocycles. The van der Waals surface area contributed by atoms with Crippen molar-refractivity contribution < 1.29 is 4.74 Å². The molecule has 2 aromatic carbocycles. The van der Waals surface area contributed by atoms with E-state index in [-0.39, 0.29) is 6.10 Å². The van der Waals surface area contributed by atoms with Crippen molar-refractivity contribution in [3.05, 3.63) is 60.2 Å². The zero-order valence-corrected chi connectivity index (χ0v) is 19.4. The number of para-hydroxylation sites is 1. The molecular weight excluding hydrogens is 398 g/mol. The molecule has 0 aliphatic heterocycles. The Morgan fingerprint density at radius 1 is 0.969 bits per heavy atom. The molecule has 1 aliphatic rings. The Kier molecular flexibility index (Phi) is 7.55. The van der Waals surface area contributed by atoms with Crippen LogP contribution in [0, 0.1) is 5.92 Å². The van der Waals surface area contributed by atoms with E-state index in [4.69, 9.17) is 14.7 Å². The summed E-state index contributed by atoms with van der Waals surface area (Å²) < 4.78 is 5.68. The number of anilines is 2. The molecule has 1 aromatic heterocycles. The third kappa shape index (κ3) is 5.56. The molecule has 1 aliphatic carbocycles. The second kappa shape index (κ2) is 10.7. The number of methoxy groups -OCH3 is 1. The van der Waals surface area contributed by atoms with Gasteiger partial charge in [-0.15, -0.1) is 0 Å². The maximum absolute atomic E-state index is 5.68. The fraction of sp³-hybridized carbons (Fsp3) is 0.462. The van der Waals surface area contributed by atoms with E-state index in [0.29, 0.717) is 12.0 Å². The normalized spacial score (nSPS) is 19.6. The molecule has 6 heteroatoms. The Hall–Kier alpha value is -2.70. The Morgan fingerprint density at radius 2 is 1.69 bits per heavy atom. The predicted molar refractivity (Wildman–Crippen MR) is 132 cm³/mol. The Balaban J connectivity index is 1.27. The summed E-state index contributed by atoms with van der Waals surface area (Å²) in [5.41, 5.74) is 2.21. The first kappa shape index (κ1) is 22.5. The van der Waals surface area contributed by atoms with E-state index in [9.17, 15) is 0 Å². The van der Waals surface area contributed by atoms with Crippen LogP contribution in [0.5, 0.6) is 0 Å². The lowest BCUT2D eigenvalue weighted by molar-refractivity contribution is 0.101. The third-order valence-electron chi connectivity index (χ3n) is 6.41. The van der Waals surface area contributed by atoms with Crippen LogP contribution in [0.1, 0.15) is 37.4 Å². The molecule has 0 amide bonds. The van der Waals surface area contributed by atoms with Gasteiger partial charge in [0, 0.05) is 39.2 Å². The lowest BCUT2D eigenvalue weighted by Gasteiger charge is -2.30. The summed E-state index contributed by atoms with van der Waals surface area (Å²) in [6.45, 7) is 1.88. The van der Waals surface area contributed by atoms with Gasteiger partial charge in [-0.2, -0.15) is 4.98 Å². The number of rotatable bonds is 9. The smallest absolute Gasteiger partial charge is 0.225 e. The number of ether oxygens (including phenoxy) is 1. The quantitative estimate of drug-likeness (QED) is 0.512. The molecule has 0 bridgehead atoms. The van der Waals surface area contributed by atoms with Gasteiger partial charge in [-0.1, -0.05) is 42.5 Å². The zero-order valence-electron chi connectivity index (χ0n) is 19.4. The summed E-state index contributed by atoms with van der Waals surface area (Å²) in [6, 6.07) is 19.1. The molecule has 0 radical (unpaired) electrons. The number of fused-ring (bicyclic) bond motifs is 1. The minimum Gasteiger partial charge on any atom is -0.375 e. The summed E-state index contributed by atoms with van der Waals surface area (Å²) >= 11 is 0. The molecule has 6 nitrogen and oxygen atoms in total. The molecule has 0 spiro atoms. The van der Waals surface area contributed by atoms with Crippen LogP contribution in [0.3, 0.4) is 0 Å². The van der Waals surface area contributed by atoms with Crippen molar-refractivity contribution in [2.24, 2.45) is 5.92 Å². The van der Waals surface area contributed by atoms with Crippen LogP contribution in [0.2, 0.25) is 0 Å². The maximum Gasteiger partial charge on any atom is 0.225 e. The van der Waals surface area contributed by atoms with Crippen molar-refractivity contribution in [2.45, 2.75) is 37.8 Å². The zero-order chi connectivity index (χ0) is 22.3. The van der Waals surface area contributed by atoms with Gasteiger partial charge in [0.05, 0.1) is 11.6 Å². The maximum atomic E-state index is 5.68. The van der Waals surface area contributed by atoms with Crippen LogP contribution in [0.4, 0.5) is 11.8 Å². The van der Waals surface area contributed by atoms with E-state index >= 15 is 0 Å². The number of nitrogens with one attached hydrogen (secondary N) is 2. The van der Waals surface area contributed by atoms with Gasteiger partial charge in [0.1, 0.15) is 5.82 Å². The number of hydrogen-bond acceptors (Lipinski definition) is 6. The topological polar surface area (TPSA) is 62.3 Å². The molecule has 1 fully saturated rings. The number of aromatic nitrogens is 2. The van der Waals surface area contributed by atoms with Crippen molar-refractivity contribution in [1.29, 1.82) is 0 Å². The van der Waals surface area contributed by atoms with Crippen LogP contribution in [0.15, 0.2) is 54.6 Å². The molecule has 1 atom stereocenters. The highest BCUT2D eigenvalue weighted by Gasteiger charge is 2.22. The van der Waals surface area contributed by atoms with E-state index < -0.39 is 0 Å². The second-order valence-corrected chi connectivity index (χ2v) is 8.94. The number of benzene rings is 2. The highest BCUT2D eigenvalue weighted by Crippen LogP contribution is 2.28.